The molecule has 1 aromatic heterocycles. The Bertz CT molecular complexity index is 459. The van der Waals surface area contributed by atoms with Crippen molar-refractivity contribution in [2.75, 3.05) is 5.73 Å². The Kier molecular flexibility index (Phi) is 2.32. The minimum atomic E-state index is -0.433. The zero-order valence-corrected chi connectivity index (χ0v) is 8.18. The summed E-state index contributed by atoms with van der Waals surface area (Å²) in [5, 5.41) is 11.0. The van der Waals surface area contributed by atoms with E-state index in [1.165, 1.54) is 10.7 Å². The van der Waals surface area contributed by atoms with Crippen molar-refractivity contribution in [2.45, 2.75) is 13.3 Å². The van der Waals surface area contributed by atoms with Gasteiger partial charge in [0.1, 0.15) is 5.69 Å². The lowest BCUT2D eigenvalue weighted by Gasteiger charge is -2.07. The van der Waals surface area contributed by atoms with E-state index >= 15 is 0 Å². The lowest BCUT2D eigenvalue weighted by molar-refractivity contribution is 0.604. The van der Waals surface area contributed by atoms with Crippen molar-refractivity contribution in [1.82, 2.24) is 20.2 Å². The minimum absolute atomic E-state index is 0.208. The molecule has 2 aromatic rings. The lowest BCUT2D eigenvalue weighted by atomic mass is 10.2. The van der Waals surface area contributed by atoms with Gasteiger partial charge in [0.25, 0.3) is 0 Å². The molecule has 0 spiro atoms. The molecule has 0 aliphatic carbocycles. The van der Waals surface area contributed by atoms with E-state index in [0.717, 1.165) is 0 Å². The molecule has 1 aromatic carbocycles. The molecular weight excluding hydrogens is 197 g/mol. The van der Waals surface area contributed by atoms with E-state index in [-0.39, 0.29) is 5.69 Å². The number of benzene rings is 1. The Morgan fingerprint density at radius 2 is 2.27 bits per heavy atom. The second kappa shape index (κ2) is 3.64. The summed E-state index contributed by atoms with van der Waals surface area (Å²) in [4.78, 5) is 0. The molecule has 0 saturated heterocycles. The highest BCUT2D eigenvalue weighted by atomic mass is 19.1. The molecule has 1 heterocycles. The number of nitrogens with two attached hydrogens (primary N) is 1. The monoisotopic (exact) mass is 207 g/mol. The van der Waals surface area contributed by atoms with Crippen molar-refractivity contribution in [3.63, 3.8) is 0 Å². The molecule has 0 aliphatic rings. The van der Waals surface area contributed by atoms with E-state index < -0.39 is 5.82 Å². The Morgan fingerprint density at radius 3 is 2.93 bits per heavy atom. The van der Waals surface area contributed by atoms with Crippen LogP contribution in [0.5, 0.6) is 0 Å². The third-order valence-corrected chi connectivity index (χ3v) is 2.08. The molecule has 6 heteroatoms. The van der Waals surface area contributed by atoms with Gasteiger partial charge < -0.3 is 5.73 Å². The van der Waals surface area contributed by atoms with Gasteiger partial charge >= 0.3 is 0 Å². The highest BCUT2D eigenvalue weighted by Gasteiger charge is 2.13. The number of hydrogen-bond acceptors (Lipinski definition) is 4. The lowest BCUT2D eigenvalue weighted by Crippen LogP contribution is -2.07. The summed E-state index contributed by atoms with van der Waals surface area (Å²) < 4.78 is 14.9. The Hall–Kier alpha value is -1.98. The molecule has 0 amide bonds. The topological polar surface area (TPSA) is 69.6 Å². The minimum Gasteiger partial charge on any atom is -0.397 e. The maximum atomic E-state index is 13.5. The summed E-state index contributed by atoms with van der Waals surface area (Å²) in [6, 6.07) is 4.48. The van der Waals surface area contributed by atoms with Gasteiger partial charge in [0.15, 0.2) is 11.6 Å². The summed E-state index contributed by atoms with van der Waals surface area (Å²) in [5.74, 6) is 0.142. The number of nitrogen functional groups attached to an aromatic ring is 1. The third-order valence-electron chi connectivity index (χ3n) is 2.08. The largest absolute Gasteiger partial charge is 0.397 e. The van der Waals surface area contributed by atoms with Gasteiger partial charge in [0.2, 0.25) is 0 Å². The van der Waals surface area contributed by atoms with Crippen LogP contribution in [-0.4, -0.2) is 20.2 Å². The zero-order chi connectivity index (χ0) is 10.8. The third kappa shape index (κ3) is 1.54. The highest BCUT2D eigenvalue weighted by molar-refractivity contribution is 5.57. The van der Waals surface area contributed by atoms with Crippen LogP contribution in [0.3, 0.4) is 0 Å². The van der Waals surface area contributed by atoms with Gasteiger partial charge in [-0.25, -0.2) is 4.39 Å². The summed E-state index contributed by atoms with van der Waals surface area (Å²) >= 11 is 0. The molecule has 5 nitrogen and oxygen atoms in total. The first kappa shape index (κ1) is 9.57. The highest BCUT2D eigenvalue weighted by Crippen LogP contribution is 2.20. The van der Waals surface area contributed by atoms with E-state index in [2.05, 4.69) is 15.5 Å². The molecule has 0 fully saturated rings. The van der Waals surface area contributed by atoms with Crippen LogP contribution in [0.15, 0.2) is 18.2 Å². The first-order chi connectivity index (χ1) is 7.24. The number of para-hydroxylation sites is 1. The van der Waals surface area contributed by atoms with Crippen LogP contribution < -0.4 is 5.73 Å². The van der Waals surface area contributed by atoms with Gasteiger partial charge in [-0.2, -0.15) is 4.68 Å². The van der Waals surface area contributed by atoms with Crippen molar-refractivity contribution in [3.05, 3.63) is 29.8 Å². The second-order valence-electron chi connectivity index (χ2n) is 3.04. The van der Waals surface area contributed by atoms with Crippen molar-refractivity contribution >= 4 is 5.69 Å². The molecule has 0 unspecified atom stereocenters. The Labute approximate surface area is 85.7 Å². The number of aromatic nitrogens is 4. The van der Waals surface area contributed by atoms with Crippen LogP contribution in [0.2, 0.25) is 0 Å². The van der Waals surface area contributed by atoms with Crippen LogP contribution in [0.25, 0.3) is 5.69 Å². The van der Waals surface area contributed by atoms with E-state index in [9.17, 15) is 4.39 Å². The predicted octanol–water partition coefficient (Wildman–Crippen LogP) is 0.946. The summed E-state index contributed by atoms with van der Waals surface area (Å²) in [5.41, 5.74) is 6.20. The number of halogens is 1. The summed E-state index contributed by atoms with van der Waals surface area (Å²) in [7, 11) is 0. The number of aryl methyl sites for hydroxylation is 1. The van der Waals surface area contributed by atoms with E-state index in [1.54, 1.807) is 12.1 Å². The number of tetrazole rings is 1. The van der Waals surface area contributed by atoms with Gasteiger partial charge in [-0.05, 0) is 22.6 Å². The Balaban J connectivity index is 2.63. The number of hydrogen-bond donors (Lipinski definition) is 1. The SMILES string of the molecule is CCc1nnnn1-c1c(N)cccc1F. The maximum Gasteiger partial charge on any atom is 0.156 e. The average molecular weight is 207 g/mol. The van der Waals surface area contributed by atoms with E-state index in [4.69, 9.17) is 5.73 Å². The fourth-order valence-corrected chi connectivity index (χ4v) is 1.36. The van der Waals surface area contributed by atoms with Crippen LogP contribution in [0.4, 0.5) is 10.1 Å². The van der Waals surface area contributed by atoms with E-state index in [0.29, 0.717) is 17.9 Å². The molecule has 0 aliphatic heterocycles. The number of rotatable bonds is 2. The average Bonchev–Trinajstić information content (AvgIpc) is 2.65. The molecule has 0 saturated carbocycles. The van der Waals surface area contributed by atoms with E-state index in [1.807, 2.05) is 6.92 Å². The van der Waals surface area contributed by atoms with Gasteiger partial charge in [0, 0.05) is 6.42 Å². The quantitative estimate of drug-likeness (QED) is 0.744. The van der Waals surface area contributed by atoms with Crippen molar-refractivity contribution < 1.29 is 4.39 Å². The van der Waals surface area contributed by atoms with Crippen LogP contribution in [-0.2, 0) is 6.42 Å². The van der Waals surface area contributed by atoms with Crippen molar-refractivity contribution in [1.29, 1.82) is 0 Å². The fourth-order valence-electron chi connectivity index (χ4n) is 1.36. The molecular formula is C9H10FN5. The van der Waals surface area contributed by atoms with Crippen LogP contribution in [0.1, 0.15) is 12.7 Å². The molecule has 2 rings (SSSR count). The maximum absolute atomic E-state index is 13.5. The molecule has 15 heavy (non-hydrogen) atoms. The molecule has 0 atom stereocenters. The first-order valence-electron chi connectivity index (χ1n) is 4.55. The molecule has 2 N–H and O–H groups in total. The zero-order valence-electron chi connectivity index (χ0n) is 8.18. The number of anilines is 1. The van der Waals surface area contributed by atoms with Crippen LogP contribution in [0, 0.1) is 5.82 Å². The predicted molar refractivity (Wildman–Crippen MR) is 52.9 cm³/mol. The van der Waals surface area contributed by atoms with Gasteiger partial charge in [-0.1, -0.05) is 13.0 Å². The van der Waals surface area contributed by atoms with Gasteiger partial charge in [-0.3, -0.25) is 0 Å². The second-order valence-corrected chi connectivity index (χ2v) is 3.04. The van der Waals surface area contributed by atoms with Crippen molar-refractivity contribution in [2.24, 2.45) is 0 Å². The first-order valence-corrected chi connectivity index (χ1v) is 4.55. The summed E-state index contributed by atoms with van der Waals surface area (Å²) in [6.45, 7) is 1.89. The molecule has 78 valence electrons. The van der Waals surface area contributed by atoms with Crippen LogP contribution >= 0.6 is 0 Å². The fraction of sp³-hybridized carbons (Fsp3) is 0.222. The van der Waals surface area contributed by atoms with Crippen molar-refractivity contribution in [3.8, 4) is 5.69 Å². The van der Waals surface area contributed by atoms with Gasteiger partial charge in [-0.15, -0.1) is 5.10 Å². The smallest absolute Gasteiger partial charge is 0.156 e. The molecule has 0 bridgehead atoms. The Morgan fingerprint density at radius 1 is 1.47 bits per heavy atom. The standard InChI is InChI=1S/C9H10FN5/c1-2-8-12-13-14-15(8)9-6(10)4-3-5-7(9)11/h3-5H,2,11H2,1H3. The molecule has 0 radical (unpaired) electrons. The summed E-state index contributed by atoms with van der Waals surface area (Å²) in [6.07, 6.45) is 0.612. The normalized spacial score (nSPS) is 10.5. The van der Waals surface area contributed by atoms with Gasteiger partial charge in [0.05, 0.1) is 5.69 Å². The number of nitrogens with zero attached hydrogens (tertiary/aromatic N) is 4.